The molecule has 1 atom stereocenters. The van der Waals surface area contributed by atoms with Crippen molar-refractivity contribution < 1.29 is 60.4 Å². The summed E-state index contributed by atoms with van der Waals surface area (Å²) in [4.78, 5) is 23.5. The van der Waals surface area contributed by atoms with Crippen molar-refractivity contribution in [2.45, 2.75) is 64.8 Å². The summed E-state index contributed by atoms with van der Waals surface area (Å²) in [7, 11) is -2.50. The van der Waals surface area contributed by atoms with Crippen LogP contribution in [-0.4, -0.2) is 70.2 Å². The molecule has 1 unspecified atom stereocenters. The van der Waals surface area contributed by atoms with E-state index in [0.29, 0.717) is 0 Å². The van der Waals surface area contributed by atoms with E-state index in [1.807, 2.05) is 0 Å². The lowest BCUT2D eigenvalue weighted by molar-refractivity contribution is -0.0888. The van der Waals surface area contributed by atoms with Crippen molar-refractivity contribution in [3.63, 3.8) is 0 Å². The first kappa shape index (κ1) is 31.5. The molecular weight excluding hydrogens is 473 g/mol. The molecule has 0 amide bonds. The summed E-state index contributed by atoms with van der Waals surface area (Å²) in [5, 5.41) is 0. The standard InChI is InChI=1S/C19H35F2O11P/c1-9-14(2)19(20,21)33(24,29-12-27-15(22)31-17(3,4)10-25-7)30-13-28-16(23)32-18(5,6)11-26-8/h14H,9-13H2,1-8H3. The van der Waals surface area contributed by atoms with Gasteiger partial charge in [-0.05, 0) is 34.1 Å². The predicted octanol–water partition coefficient (Wildman–Crippen LogP) is 4.92. The molecule has 11 nitrogen and oxygen atoms in total. The Bertz CT molecular complexity index is 628. The van der Waals surface area contributed by atoms with E-state index < -0.39 is 56.3 Å². The molecule has 0 heterocycles. The van der Waals surface area contributed by atoms with Gasteiger partial charge in [-0.25, -0.2) is 9.59 Å². The van der Waals surface area contributed by atoms with Crippen LogP contribution in [0.1, 0.15) is 48.0 Å². The maximum absolute atomic E-state index is 14.8. The molecule has 0 saturated carbocycles. The van der Waals surface area contributed by atoms with E-state index >= 15 is 0 Å². The normalized spacial score (nSPS) is 13.9. The Kier molecular flexibility index (Phi) is 12.8. The molecule has 0 aliphatic rings. The molecule has 0 spiro atoms. The fraction of sp³-hybridized carbons (Fsp3) is 0.895. The van der Waals surface area contributed by atoms with Crippen LogP contribution in [0.4, 0.5) is 18.4 Å². The first-order valence-corrected chi connectivity index (χ1v) is 11.6. The Hall–Kier alpha value is -1.53. The molecule has 0 aromatic rings. The Morgan fingerprint density at radius 2 is 1.21 bits per heavy atom. The number of methoxy groups -OCH3 is 2. The van der Waals surface area contributed by atoms with Gasteiger partial charge in [0.25, 0.3) is 0 Å². The van der Waals surface area contributed by atoms with Crippen molar-refractivity contribution >= 4 is 19.9 Å². The van der Waals surface area contributed by atoms with Crippen molar-refractivity contribution in [3.05, 3.63) is 0 Å². The van der Waals surface area contributed by atoms with Crippen LogP contribution < -0.4 is 0 Å². The van der Waals surface area contributed by atoms with Crippen molar-refractivity contribution in [1.29, 1.82) is 0 Å². The lowest BCUT2D eigenvalue weighted by Gasteiger charge is -2.30. The van der Waals surface area contributed by atoms with Crippen LogP contribution >= 0.6 is 7.60 Å². The molecule has 14 heteroatoms. The van der Waals surface area contributed by atoms with Crippen LogP contribution in [0, 0.1) is 5.92 Å². The van der Waals surface area contributed by atoms with Gasteiger partial charge < -0.3 is 28.4 Å². The van der Waals surface area contributed by atoms with Crippen molar-refractivity contribution in [3.8, 4) is 0 Å². The number of carbonyl (C=O) groups excluding carboxylic acids is 2. The number of alkyl halides is 2. The minimum Gasteiger partial charge on any atom is -0.426 e. The van der Waals surface area contributed by atoms with E-state index in [-0.39, 0.29) is 19.6 Å². The van der Waals surface area contributed by atoms with Crippen molar-refractivity contribution in [2.24, 2.45) is 5.92 Å². The minimum absolute atomic E-state index is 0.0330. The topological polar surface area (TPSA) is 125 Å². The Labute approximate surface area is 192 Å². The number of ether oxygens (including phenoxy) is 6. The summed E-state index contributed by atoms with van der Waals surface area (Å²) in [6.07, 6.45) is -2.61. The maximum Gasteiger partial charge on any atom is 0.511 e. The smallest absolute Gasteiger partial charge is 0.426 e. The number of carbonyl (C=O) groups is 2. The molecule has 33 heavy (non-hydrogen) atoms. The molecule has 0 saturated heterocycles. The number of hydrogen-bond acceptors (Lipinski definition) is 11. The van der Waals surface area contributed by atoms with Crippen molar-refractivity contribution in [1.82, 2.24) is 0 Å². The number of rotatable bonds is 15. The molecule has 196 valence electrons. The van der Waals surface area contributed by atoms with E-state index in [0.717, 1.165) is 6.92 Å². The quantitative estimate of drug-likeness (QED) is 0.170. The van der Waals surface area contributed by atoms with Crippen LogP contribution in [0.25, 0.3) is 0 Å². The summed E-state index contributed by atoms with van der Waals surface area (Å²) in [5.74, 6) is -1.44. The molecule has 0 rings (SSSR count). The van der Waals surface area contributed by atoms with Gasteiger partial charge in [0.1, 0.15) is 11.2 Å². The molecule has 0 aromatic heterocycles. The first-order valence-electron chi connectivity index (χ1n) is 10.0. The highest BCUT2D eigenvalue weighted by Gasteiger charge is 2.57. The van der Waals surface area contributed by atoms with Crippen LogP contribution in [0.2, 0.25) is 0 Å². The molecule has 0 radical (unpaired) electrons. The van der Waals surface area contributed by atoms with E-state index in [1.54, 1.807) is 0 Å². The van der Waals surface area contributed by atoms with Crippen LogP contribution in [-0.2, 0) is 42.0 Å². The maximum atomic E-state index is 14.8. The molecular formula is C19H35F2O11P. The monoisotopic (exact) mass is 508 g/mol. The van der Waals surface area contributed by atoms with Gasteiger partial charge in [-0.3, -0.25) is 13.6 Å². The highest BCUT2D eigenvalue weighted by molar-refractivity contribution is 7.55. The van der Waals surface area contributed by atoms with E-state index in [9.17, 15) is 22.9 Å². The lowest BCUT2D eigenvalue weighted by atomic mass is 10.1. The fourth-order valence-electron chi connectivity index (χ4n) is 2.28. The predicted molar refractivity (Wildman–Crippen MR) is 111 cm³/mol. The second-order valence-electron chi connectivity index (χ2n) is 8.27. The summed E-state index contributed by atoms with van der Waals surface area (Å²) in [5.41, 5.74) is -6.14. The van der Waals surface area contributed by atoms with Gasteiger partial charge in [-0.1, -0.05) is 13.8 Å². The molecule has 0 aliphatic carbocycles. The molecule has 0 aliphatic heterocycles. The van der Waals surface area contributed by atoms with Gasteiger partial charge in [-0.2, -0.15) is 8.78 Å². The Morgan fingerprint density at radius 1 is 0.848 bits per heavy atom. The van der Waals surface area contributed by atoms with E-state index in [2.05, 4.69) is 18.5 Å². The Morgan fingerprint density at radius 3 is 1.52 bits per heavy atom. The molecule has 0 aromatic carbocycles. The zero-order chi connectivity index (χ0) is 25.9. The number of hydrogen-bond donors (Lipinski definition) is 0. The largest absolute Gasteiger partial charge is 0.511 e. The van der Waals surface area contributed by atoms with Gasteiger partial charge in [-0.15, -0.1) is 0 Å². The summed E-state index contributed by atoms with van der Waals surface area (Å²) >= 11 is 0. The first-order chi connectivity index (χ1) is 15.1. The molecule has 0 N–H and O–H groups in total. The second kappa shape index (κ2) is 13.4. The average Bonchev–Trinajstić information content (AvgIpc) is 2.65. The fourth-order valence-corrected chi connectivity index (χ4v) is 3.80. The van der Waals surface area contributed by atoms with E-state index in [1.165, 1.54) is 48.8 Å². The molecule has 0 bridgehead atoms. The third-order valence-corrected chi connectivity index (χ3v) is 6.13. The van der Waals surface area contributed by atoms with Crippen LogP contribution in [0.5, 0.6) is 0 Å². The molecule has 0 fully saturated rings. The second-order valence-corrected chi connectivity index (χ2v) is 10.4. The van der Waals surface area contributed by atoms with Gasteiger partial charge in [0.15, 0.2) is 0 Å². The van der Waals surface area contributed by atoms with Gasteiger partial charge in [0.05, 0.1) is 13.2 Å². The zero-order valence-corrected chi connectivity index (χ0v) is 21.2. The summed E-state index contributed by atoms with van der Waals surface area (Å²) < 4.78 is 80.5. The zero-order valence-electron chi connectivity index (χ0n) is 20.3. The van der Waals surface area contributed by atoms with Gasteiger partial charge in [0, 0.05) is 20.1 Å². The minimum atomic E-state index is -5.28. The van der Waals surface area contributed by atoms with Crippen LogP contribution in [0.15, 0.2) is 0 Å². The van der Waals surface area contributed by atoms with Gasteiger partial charge >= 0.3 is 25.6 Å². The SMILES string of the molecule is CCC(C)C(F)(F)P(=O)(OCOC(=O)OC(C)(C)COC)OCOC(=O)OC(C)(C)COC. The highest BCUT2D eigenvalue weighted by Crippen LogP contribution is 2.65. The van der Waals surface area contributed by atoms with Crippen molar-refractivity contribution in [2.75, 3.05) is 41.0 Å². The lowest BCUT2D eigenvalue weighted by Crippen LogP contribution is -2.34. The number of halogens is 2. The Balaban J connectivity index is 5.11. The van der Waals surface area contributed by atoms with Crippen LogP contribution in [0.3, 0.4) is 0 Å². The highest BCUT2D eigenvalue weighted by atomic mass is 31.2. The summed E-state index contributed by atoms with van der Waals surface area (Å²) in [6, 6.07) is 0. The van der Waals surface area contributed by atoms with E-state index in [4.69, 9.17) is 18.9 Å². The summed E-state index contributed by atoms with van der Waals surface area (Å²) in [6.45, 7) is 6.39. The average molecular weight is 508 g/mol. The van der Waals surface area contributed by atoms with Gasteiger partial charge in [0.2, 0.25) is 13.6 Å². The third-order valence-electron chi connectivity index (χ3n) is 4.07. The third kappa shape index (κ3) is 11.0.